The SMILES string of the molecule is Cc1cccc([N+](=O)[O-])c1OS(C)(=O)=O. The van der Waals surface area contributed by atoms with Crippen LogP contribution >= 0.6 is 0 Å². The average Bonchev–Trinajstić information content (AvgIpc) is 2.05. The Labute approximate surface area is 86.8 Å². The van der Waals surface area contributed by atoms with Crippen LogP contribution in [0, 0.1) is 17.0 Å². The van der Waals surface area contributed by atoms with E-state index in [0.29, 0.717) is 5.56 Å². The number of nitro groups is 1. The molecule has 0 heterocycles. The summed E-state index contributed by atoms with van der Waals surface area (Å²) in [4.78, 5) is 9.90. The van der Waals surface area contributed by atoms with Crippen molar-refractivity contribution in [3.63, 3.8) is 0 Å². The van der Waals surface area contributed by atoms with Crippen LogP contribution in [0.2, 0.25) is 0 Å². The summed E-state index contributed by atoms with van der Waals surface area (Å²) in [6, 6.07) is 4.18. The van der Waals surface area contributed by atoms with E-state index in [-0.39, 0.29) is 11.4 Å². The van der Waals surface area contributed by atoms with Crippen molar-refractivity contribution >= 4 is 15.8 Å². The topological polar surface area (TPSA) is 86.5 Å². The van der Waals surface area contributed by atoms with Gasteiger partial charge in [0.05, 0.1) is 11.2 Å². The quantitative estimate of drug-likeness (QED) is 0.443. The first-order valence-corrected chi connectivity index (χ1v) is 5.76. The van der Waals surface area contributed by atoms with E-state index >= 15 is 0 Å². The monoisotopic (exact) mass is 231 g/mol. The first-order valence-electron chi connectivity index (χ1n) is 3.95. The van der Waals surface area contributed by atoms with E-state index in [9.17, 15) is 18.5 Å². The molecule has 0 unspecified atom stereocenters. The minimum atomic E-state index is -3.76. The molecule has 0 radical (unpaired) electrons. The number of benzene rings is 1. The highest BCUT2D eigenvalue weighted by atomic mass is 32.2. The third-order valence-corrected chi connectivity index (χ3v) is 2.09. The minimum absolute atomic E-state index is 0.231. The standard InChI is InChI=1S/C8H9NO5S/c1-6-4-3-5-7(9(10)11)8(6)14-15(2,12)13/h3-5H,1-2H3. The Morgan fingerprint density at radius 3 is 2.47 bits per heavy atom. The summed E-state index contributed by atoms with van der Waals surface area (Å²) in [6.07, 6.45) is 0.836. The van der Waals surface area contributed by atoms with Crippen LogP contribution in [0.5, 0.6) is 5.75 Å². The van der Waals surface area contributed by atoms with Crippen molar-refractivity contribution in [2.75, 3.05) is 6.26 Å². The van der Waals surface area contributed by atoms with Gasteiger partial charge in [-0.2, -0.15) is 8.42 Å². The van der Waals surface area contributed by atoms with Gasteiger partial charge in [0.15, 0.2) is 0 Å². The fourth-order valence-electron chi connectivity index (χ4n) is 1.04. The Morgan fingerprint density at radius 1 is 1.40 bits per heavy atom. The van der Waals surface area contributed by atoms with Gasteiger partial charge in [0.1, 0.15) is 0 Å². The van der Waals surface area contributed by atoms with Crippen molar-refractivity contribution < 1.29 is 17.5 Å². The summed E-state index contributed by atoms with van der Waals surface area (Å²) >= 11 is 0. The second kappa shape index (κ2) is 3.85. The molecule has 1 aromatic rings. The highest BCUT2D eigenvalue weighted by Crippen LogP contribution is 2.31. The fourth-order valence-corrected chi connectivity index (χ4v) is 1.56. The van der Waals surface area contributed by atoms with Crippen LogP contribution in [0.25, 0.3) is 0 Å². The molecule has 1 aromatic carbocycles. The first-order chi connectivity index (χ1) is 6.81. The lowest BCUT2D eigenvalue weighted by Crippen LogP contribution is -2.08. The minimum Gasteiger partial charge on any atom is -0.375 e. The molecule has 1 rings (SSSR count). The zero-order chi connectivity index (χ0) is 11.6. The van der Waals surface area contributed by atoms with Crippen LogP contribution in [0.15, 0.2) is 18.2 Å². The predicted octanol–water partition coefficient (Wildman–Crippen LogP) is 1.24. The van der Waals surface area contributed by atoms with Gasteiger partial charge < -0.3 is 4.18 Å². The number of hydrogen-bond acceptors (Lipinski definition) is 5. The molecule has 0 bridgehead atoms. The van der Waals surface area contributed by atoms with E-state index in [4.69, 9.17) is 0 Å². The van der Waals surface area contributed by atoms with Crippen LogP contribution < -0.4 is 4.18 Å². The van der Waals surface area contributed by atoms with Gasteiger partial charge in [0, 0.05) is 11.6 Å². The van der Waals surface area contributed by atoms with Crippen LogP contribution in [-0.4, -0.2) is 19.6 Å². The lowest BCUT2D eigenvalue weighted by atomic mass is 10.2. The third-order valence-electron chi connectivity index (χ3n) is 1.62. The van der Waals surface area contributed by atoms with Gasteiger partial charge in [-0.25, -0.2) is 0 Å². The number of rotatable bonds is 3. The maximum atomic E-state index is 10.9. The molecule has 7 heteroatoms. The molecule has 0 N–H and O–H groups in total. The lowest BCUT2D eigenvalue weighted by Gasteiger charge is -2.06. The molecular weight excluding hydrogens is 222 g/mol. The third kappa shape index (κ3) is 2.91. The van der Waals surface area contributed by atoms with E-state index < -0.39 is 15.0 Å². The molecule has 0 aliphatic heterocycles. The van der Waals surface area contributed by atoms with Gasteiger partial charge >= 0.3 is 15.8 Å². The van der Waals surface area contributed by atoms with Crippen molar-refractivity contribution in [3.8, 4) is 5.75 Å². The summed E-state index contributed by atoms with van der Waals surface area (Å²) in [5, 5.41) is 10.6. The predicted molar refractivity (Wildman–Crippen MR) is 53.3 cm³/mol. The highest BCUT2D eigenvalue weighted by molar-refractivity contribution is 7.86. The van der Waals surface area contributed by atoms with Crippen molar-refractivity contribution in [1.29, 1.82) is 0 Å². The number of para-hydroxylation sites is 1. The highest BCUT2D eigenvalue weighted by Gasteiger charge is 2.20. The number of nitrogens with zero attached hydrogens (tertiary/aromatic N) is 1. The molecule has 0 aromatic heterocycles. The van der Waals surface area contributed by atoms with Crippen LogP contribution in [0.4, 0.5) is 5.69 Å². The molecule has 0 saturated heterocycles. The molecule has 0 saturated carbocycles. The zero-order valence-electron chi connectivity index (χ0n) is 8.13. The largest absolute Gasteiger partial charge is 0.375 e. The normalized spacial score (nSPS) is 11.1. The zero-order valence-corrected chi connectivity index (χ0v) is 8.95. The fraction of sp³-hybridized carbons (Fsp3) is 0.250. The summed E-state index contributed by atoms with van der Waals surface area (Å²) in [6.45, 7) is 1.54. The maximum Gasteiger partial charge on any atom is 0.312 e. The Balaban J connectivity index is 3.32. The van der Waals surface area contributed by atoms with Crippen LogP contribution in [0.1, 0.15) is 5.56 Å². The maximum absolute atomic E-state index is 10.9. The summed E-state index contributed by atoms with van der Waals surface area (Å²) < 4.78 is 26.3. The average molecular weight is 231 g/mol. The van der Waals surface area contributed by atoms with Crippen LogP contribution in [0.3, 0.4) is 0 Å². The molecule has 0 fully saturated rings. The Hall–Kier alpha value is -1.63. The Bertz CT molecular complexity index is 494. The molecule has 0 atom stereocenters. The second-order valence-electron chi connectivity index (χ2n) is 2.97. The number of aryl methyl sites for hydroxylation is 1. The molecule has 15 heavy (non-hydrogen) atoms. The summed E-state index contributed by atoms with van der Waals surface area (Å²) in [5.41, 5.74) is 0.0371. The van der Waals surface area contributed by atoms with E-state index in [1.807, 2.05) is 0 Å². The van der Waals surface area contributed by atoms with E-state index in [2.05, 4.69) is 4.18 Å². The molecule has 82 valence electrons. The molecule has 6 nitrogen and oxygen atoms in total. The van der Waals surface area contributed by atoms with Gasteiger partial charge in [0.2, 0.25) is 5.75 Å². The van der Waals surface area contributed by atoms with Gasteiger partial charge in [-0.1, -0.05) is 12.1 Å². The number of nitro benzene ring substituents is 1. The lowest BCUT2D eigenvalue weighted by molar-refractivity contribution is -0.385. The molecule has 0 spiro atoms. The van der Waals surface area contributed by atoms with Gasteiger partial charge in [0.25, 0.3) is 0 Å². The molecular formula is C8H9NO5S. The molecule has 0 amide bonds. The van der Waals surface area contributed by atoms with Gasteiger partial charge in [-0.05, 0) is 6.92 Å². The Kier molecular flexibility index (Phi) is 2.94. The Morgan fingerprint density at radius 2 is 2.00 bits per heavy atom. The van der Waals surface area contributed by atoms with Gasteiger partial charge in [-0.3, -0.25) is 10.1 Å². The van der Waals surface area contributed by atoms with Crippen molar-refractivity contribution in [2.45, 2.75) is 6.92 Å². The number of hydrogen-bond donors (Lipinski definition) is 0. The van der Waals surface area contributed by atoms with Crippen molar-refractivity contribution in [3.05, 3.63) is 33.9 Å². The summed E-state index contributed by atoms with van der Waals surface area (Å²) in [5.74, 6) is -0.231. The smallest absolute Gasteiger partial charge is 0.312 e. The van der Waals surface area contributed by atoms with Crippen LogP contribution in [-0.2, 0) is 10.1 Å². The molecule has 0 aliphatic carbocycles. The van der Waals surface area contributed by atoms with E-state index in [0.717, 1.165) is 6.26 Å². The molecule has 0 aliphatic rings. The summed E-state index contributed by atoms with van der Waals surface area (Å²) in [7, 11) is -3.76. The van der Waals surface area contributed by atoms with E-state index in [1.54, 1.807) is 0 Å². The van der Waals surface area contributed by atoms with Gasteiger partial charge in [-0.15, -0.1) is 0 Å². The first kappa shape index (κ1) is 11.4. The van der Waals surface area contributed by atoms with Crippen molar-refractivity contribution in [1.82, 2.24) is 0 Å². The van der Waals surface area contributed by atoms with E-state index in [1.165, 1.54) is 25.1 Å². The second-order valence-corrected chi connectivity index (χ2v) is 4.54. The van der Waals surface area contributed by atoms with Crippen molar-refractivity contribution in [2.24, 2.45) is 0 Å².